The summed E-state index contributed by atoms with van der Waals surface area (Å²) in [6.07, 6.45) is 1.000. The van der Waals surface area contributed by atoms with E-state index in [0.717, 1.165) is 57.1 Å². The highest BCUT2D eigenvalue weighted by Crippen LogP contribution is 2.13. The molecule has 0 saturated carbocycles. The first-order valence-electron chi connectivity index (χ1n) is 9.39. The Morgan fingerprint density at radius 1 is 0.885 bits per heavy atom. The van der Waals surface area contributed by atoms with Crippen LogP contribution in [0.1, 0.15) is 27.9 Å². The molecule has 4 heteroatoms. The fourth-order valence-electron chi connectivity index (χ4n) is 3.17. The van der Waals surface area contributed by atoms with Crippen molar-refractivity contribution in [2.45, 2.75) is 20.3 Å². The maximum atomic E-state index is 12.5. The van der Waals surface area contributed by atoms with Crippen LogP contribution in [0.5, 0.6) is 5.75 Å². The van der Waals surface area contributed by atoms with Gasteiger partial charge in [0.25, 0.3) is 5.91 Å². The Bertz CT molecular complexity index is 702. The zero-order valence-corrected chi connectivity index (χ0v) is 15.8. The first kappa shape index (κ1) is 18.5. The van der Waals surface area contributed by atoms with Crippen LogP contribution < -0.4 is 4.74 Å². The number of piperazine rings is 1. The van der Waals surface area contributed by atoms with Crippen LogP contribution >= 0.6 is 0 Å². The average Bonchev–Trinajstić information content (AvgIpc) is 2.67. The summed E-state index contributed by atoms with van der Waals surface area (Å²) in [7, 11) is 0. The van der Waals surface area contributed by atoms with Crippen molar-refractivity contribution in [3.63, 3.8) is 0 Å². The van der Waals surface area contributed by atoms with Crippen LogP contribution in [0, 0.1) is 13.8 Å². The number of rotatable bonds is 6. The molecule has 1 amide bonds. The molecule has 138 valence electrons. The molecule has 0 bridgehead atoms. The summed E-state index contributed by atoms with van der Waals surface area (Å²) in [6, 6.07) is 16.0. The number of benzene rings is 2. The summed E-state index contributed by atoms with van der Waals surface area (Å²) in [5.74, 6) is 1.08. The topological polar surface area (TPSA) is 32.8 Å². The van der Waals surface area contributed by atoms with E-state index in [0.29, 0.717) is 0 Å². The molecule has 4 nitrogen and oxygen atoms in total. The maximum Gasteiger partial charge on any atom is 0.253 e. The van der Waals surface area contributed by atoms with Gasteiger partial charge in [0.15, 0.2) is 0 Å². The molecule has 26 heavy (non-hydrogen) atoms. The van der Waals surface area contributed by atoms with Gasteiger partial charge in [0.2, 0.25) is 0 Å². The lowest BCUT2D eigenvalue weighted by atomic mass is 10.1. The minimum Gasteiger partial charge on any atom is -0.494 e. The van der Waals surface area contributed by atoms with Crippen molar-refractivity contribution >= 4 is 5.91 Å². The van der Waals surface area contributed by atoms with Gasteiger partial charge in [-0.15, -0.1) is 0 Å². The Labute approximate surface area is 156 Å². The second-order valence-electron chi connectivity index (χ2n) is 7.01. The van der Waals surface area contributed by atoms with Gasteiger partial charge in [-0.3, -0.25) is 9.69 Å². The van der Waals surface area contributed by atoms with Gasteiger partial charge in [0.05, 0.1) is 6.61 Å². The van der Waals surface area contributed by atoms with E-state index in [1.165, 1.54) is 11.1 Å². The smallest absolute Gasteiger partial charge is 0.253 e. The van der Waals surface area contributed by atoms with Crippen molar-refractivity contribution in [2.75, 3.05) is 39.3 Å². The van der Waals surface area contributed by atoms with Crippen molar-refractivity contribution in [1.29, 1.82) is 0 Å². The summed E-state index contributed by atoms with van der Waals surface area (Å²) in [6.45, 7) is 9.31. The van der Waals surface area contributed by atoms with E-state index in [-0.39, 0.29) is 5.91 Å². The second-order valence-corrected chi connectivity index (χ2v) is 7.01. The third kappa shape index (κ3) is 5.09. The molecule has 0 radical (unpaired) electrons. The van der Waals surface area contributed by atoms with Crippen LogP contribution in [-0.4, -0.2) is 55.0 Å². The highest BCUT2D eigenvalue weighted by Gasteiger charge is 2.21. The number of carbonyl (C=O) groups excluding carboxylic acids is 1. The quantitative estimate of drug-likeness (QED) is 0.746. The molecule has 0 aromatic heterocycles. The van der Waals surface area contributed by atoms with Crippen LogP contribution in [0.15, 0.2) is 48.5 Å². The molecule has 1 heterocycles. The standard InChI is InChI=1S/C22H28N2O2/c1-18-4-8-20(9-5-18)22(25)24-15-13-23(14-16-24)12-3-17-26-21-10-6-19(2)7-11-21/h4-11H,3,12-17H2,1-2H3. The van der Waals surface area contributed by atoms with E-state index < -0.39 is 0 Å². The highest BCUT2D eigenvalue weighted by atomic mass is 16.5. The zero-order valence-electron chi connectivity index (χ0n) is 15.8. The maximum absolute atomic E-state index is 12.5. The summed E-state index contributed by atoms with van der Waals surface area (Å²) in [5, 5.41) is 0. The van der Waals surface area contributed by atoms with Crippen molar-refractivity contribution in [2.24, 2.45) is 0 Å². The van der Waals surface area contributed by atoms with Gasteiger partial charge in [0, 0.05) is 38.3 Å². The van der Waals surface area contributed by atoms with Crippen molar-refractivity contribution < 1.29 is 9.53 Å². The summed E-state index contributed by atoms with van der Waals surface area (Å²) >= 11 is 0. The van der Waals surface area contributed by atoms with Gasteiger partial charge in [-0.1, -0.05) is 35.4 Å². The fourth-order valence-corrected chi connectivity index (χ4v) is 3.17. The Balaban J connectivity index is 1.36. The third-order valence-corrected chi connectivity index (χ3v) is 4.87. The number of carbonyl (C=O) groups is 1. The molecule has 2 aromatic rings. The van der Waals surface area contributed by atoms with Crippen molar-refractivity contribution in [1.82, 2.24) is 9.80 Å². The van der Waals surface area contributed by atoms with E-state index in [4.69, 9.17) is 4.74 Å². The first-order valence-corrected chi connectivity index (χ1v) is 9.39. The summed E-state index contributed by atoms with van der Waals surface area (Å²) in [5.41, 5.74) is 3.21. The van der Waals surface area contributed by atoms with Crippen LogP contribution in [0.2, 0.25) is 0 Å². The zero-order chi connectivity index (χ0) is 18.4. The SMILES string of the molecule is Cc1ccc(OCCCN2CCN(C(=O)c3ccc(C)cc3)CC2)cc1. The number of hydrogen-bond donors (Lipinski definition) is 0. The Morgan fingerprint density at radius 3 is 2.08 bits per heavy atom. The van der Waals surface area contributed by atoms with Gasteiger partial charge < -0.3 is 9.64 Å². The van der Waals surface area contributed by atoms with Gasteiger partial charge in [0.1, 0.15) is 5.75 Å². The van der Waals surface area contributed by atoms with Gasteiger partial charge in [-0.2, -0.15) is 0 Å². The molecular formula is C22H28N2O2. The number of amides is 1. The fraction of sp³-hybridized carbons (Fsp3) is 0.409. The predicted octanol–water partition coefficient (Wildman–Crippen LogP) is 3.53. The summed E-state index contributed by atoms with van der Waals surface area (Å²) in [4.78, 5) is 16.9. The van der Waals surface area contributed by atoms with E-state index in [9.17, 15) is 4.79 Å². The Hall–Kier alpha value is -2.33. The van der Waals surface area contributed by atoms with Crippen molar-refractivity contribution in [3.8, 4) is 5.75 Å². The molecule has 1 aliphatic rings. The number of hydrogen-bond acceptors (Lipinski definition) is 3. The molecule has 1 fully saturated rings. The van der Waals surface area contributed by atoms with Crippen LogP contribution in [0.25, 0.3) is 0 Å². The number of aryl methyl sites for hydroxylation is 2. The van der Waals surface area contributed by atoms with Crippen molar-refractivity contribution in [3.05, 3.63) is 65.2 Å². The minimum atomic E-state index is 0.146. The molecule has 2 aromatic carbocycles. The van der Waals surface area contributed by atoms with E-state index in [1.807, 2.05) is 48.2 Å². The molecule has 0 N–H and O–H groups in total. The molecule has 0 unspecified atom stereocenters. The summed E-state index contributed by atoms with van der Waals surface area (Å²) < 4.78 is 5.79. The number of ether oxygens (including phenoxy) is 1. The monoisotopic (exact) mass is 352 g/mol. The average molecular weight is 352 g/mol. The first-order chi connectivity index (χ1) is 12.6. The lowest BCUT2D eigenvalue weighted by Gasteiger charge is -2.34. The minimum absolute atomic E-state index is 0.146. The van der Waals surface area contributed by atoms with Crippen LogP contribution in [0.4, 0.5) is 0 Å². The van der Waals surface area contributed by atoms with Gasteiger partial charge in [-0.25, -0.2) is 0 Å². The molecule has 0 atom stereocenters. The molecule has 0 aliphatic carbocycles. The van der Waals surface area contributed by atoms with E-state index in [1.54, 1.807) is 0 Å². The third-order valence-electron chi connectivity index (χ3n) is 4.87. The normalized spacial score (nSPS) is 15.1. The highest BCUT2D eigenvalue weighted by molar-refractivity contribution is 5.94. The second kappa shape index (κ2) is 8.86. The lowest BCUT2D eigenvalue weighted by molar-refractivity contribution is 0.0630. The van der Waals surface area contributed by atoms with Crippen LogP contribution in [-0.2, 0) is 0 Å². The Morgan fingerprint density at radius 2 is 1.46 bits per heavy atom. The Kier molecular flexibility index (Phi) is 6.29. The predicted molar refractivity (Wildman–Crippen MR) is 105 cm³/mol. The molecular weight excluding hydrogens is 324 g/mol. The molecule has 3 rings (SSSR count). The number of nitrogens with zero attached hydrogens (tertiary/aromatic N) is 2. The van der Waals surface area contributed by atoms with Gasteiger partial charge in [-0.05, 0) is 44.5 Å². The lowest BCUT2D eigenvalue weighted by Crippen LogP contribution is -2.49. The largest absolute Gasteiger partial charge is 0.494 e. The van der Waals surface area contributed by atoms with Crippen LogP contribution in [0.3, 0.4) is 0 Å². The van der Waals surface area contributed by atoms with Gasteiger partial charge >= 0.3 is 0 Å². The van der Waals surface area contributed by atoms with E-state index >= 15 is 0 Å². The molecule has 1 aliphatic heterocycles. The molecule has 0 spiro atoms. The van der Waals surface area contributed by atoms with E-state index in [2.05, 4.69) is 24.0 Å². The molecule has 1 saturated heterocycles.